The van der Waals surface area contributed by atoms with E-state index in [1.807, 2.05) is 0 Å². The largest absolute Gasteiger partial charge is 0.294 e. The quantitative estimate of drug-likeness (QED) is 0.428. The second-order valence-electron chi connectivity index (χ2n) is 4.54. The third kappa shape index (κ3) is 6.05. The first-order chi connectivity index (χ1) is 7.68. The van der Waals surface area contributed by atoms with Gasteiger partial charge in [-0.25, -0.2) is 0 Å². The normalized spacial score (nSPS) is 11.4. The summed E-state index contributed by atoms with van der Waals surface area (Å²) < 4.78 is 0. The molecule has 1 aromatic rings. The SMILES string of the molecule is C=C(CNPCc1ccccc1)CC(C)C. The average molecular weight is 235 g/mol. The molecule has 0 aliphatic heterocycles. The van der Waals surface area contributed by atoms with E-state index >= 15 is 0 Å². The van der Waals surface area contributed by atoms with Gasteiger partial charge in [0.25, 0.3) is 0 Å². The maximum Gasteiger partial charge on any atom is 0.0196 e. The van der Waals surface area contributed by atoms with E-state index in [-0.39, 0.29) is 0 Å². The molecule has 0 heterocycles. The van der Waals surface area contributed by atoms with Crippen molar-refractivity contribution in [3.05, 3.63) is 48.0 Å². The number of benzene rings is 1. The molecule has 1 aromatic carbocycles. The second kappa shape index (κ2) is 7.60. The first-order valence-corrected chi connectivity index (χ1v) is 7.05. The summed E-state index contributed by atoms with van der Waals surface area (Å²) in [5.74, 6) is 0.715. The smallest absolute Gasteiger partial charge is 0.0196 e. The van der Waals surface area contributed by atoms with Crippen LogP contribution in [0.1, 0.15) is 25.8 Å². The lowest BCUT2D eigenvalue weighted by Gasteiger charge is -2.09. The molecule has 0 aromatic heterocycles. The van der Waals surface area contributed by atoms with Crippen LogP contribution in [0.2, 0.25) is 0 Å². The number of rotatable bonds is 7. The zero-order chi connectivity index (χ0) is 11.8. The Labute approximate surface area is 101 Å². The number of hydrogen-bond donors (Lipinski definition) is 1. The van der Waals surface area contributed by atoms with E-state index in [1.54, 1.807) is 0 Å². The van der Waals surface area contributed by atoms with Gasteiger partial charge < -0.3 is 0 Å². The molecule has 88 valence electrons. The number of nitrogens with one attached hydrogen (secondary N) is 1. The summed E-state index contributed by atoms with van der Waals surface area (Å²) in [5, 5.41) is 3.47. The van der Waals surface area contributed by atoms with Crippen LogP contribution >= 0.6 is 8.73 Å². The lowest BCUT2D eigenvalue weighted by molar-refractivity contribution is 0.633. The Bertz CT molecular complexity index is 306. The highest BCUT2D eigenvalue weighted by molar-refractivity contribution is 7.34. The van der Waals surface area contributed by atoms with E-state index in [4.69, 9.17) is 0 Å². The van der Waals surface area contributed by atoms with Crippen molar-refractivity contribution in [2.75, 3.05) is 6.54 Å². The molecule has 1 atom stereocenters. The van der Waals surface area contributed by atoms with Gasteiger partial charge in [0.05, 0.1) is 0 Å². The minimum absolute atomic E-state index is 0.715. The van der Waals surface area contributed by atoms with Crippen molar-refractivity contribution in [2.45, 2.75) is 26.4 Å². The van der Waals surface area contributed by atoms with Gasteiger partial charge in [-0.3, -0.25) is 5.09 Å². The summed E-state index contributed by atoms with van der Waals surface area (Å²) in [5.41, 5.74) is 2.72. The molecule has 16 heavy (non-hydrogen) atoms. The summed E-state index contributed by atoms with van der Waals surface area (Å²) in [6, 6.07) is 10.6. The maximum atomic E-state index is 4.08. The number of hydrogen-bond acceptors (Lipinski definition) is 1. The first kappa shape index (κ1) is 13.4. The average Bonchev–Trinajstić information content (AvgIpc) is 2.25. The van der Waals surface area contributed by atoms with Crippen LogP contribution in [0.3, 0.4) is 0 Å². The lowest BCUT2D eigenvalue weighted by atomic mass is 10.1. The molecule has 0 radical (unpaired) electrons. The molecule has 0 fully saturated rings. The van der Waals surface area contributed by atoms with Gasteiger partial charge >= 0.3 is 0 Å². The van der Waals surface area contributed by atoms with Crippen LogP contribution in [0, 0.1) is 5.92 Å². The van der Waals surface area contributed by atoms with Crippen LogP contribution in [0.25, 0.3) is 0 Å². The summed E-state index contributed by atoms with van der Waals surface area (Å²) in [7, 11) is 0.788. The fraction of sp³-hybridized carbons (Fsp3) is 0.429. The Morgan fingerprint density at radius 3 is 2.62 bits per heavy atom. The van der Waals surface area contributed by atoms with E-state index in [9.17, 15) is 0 Å². The van der Waals surface area contributed by atoms with Gasteiger partial charge in [-0.05, 0) is 26.6 Å². The molecule has 1 unspecified atom stereocenters. The Balaban J connectivity index is 2.10. The van der Waals surface area contributed by atoms with Crippen molar-refractivity contribution >= 4 is 8.73 Å². The molecule has 0 bridgehead atoms. The predicted molar refractivity (Wildman–Crippen MR) is 75.1 cm³/mol. The van der Waals surface area contributed by atoms with Crippen LogP contribution in [0.15, 0.2) is 42.5 Å². The van der Waals surface area contributed by atoms with Gasteiger partial charge in [0, 0.05) is 12.7 Å². The van der Waals surface area contributed by atoms with Crippen molar-refractivity contribution in [1.82, 2.24) is 5.09 Å². The first-order valence-electron chi connectivity index (χ1n) is 5.84. The Kier molecular flexibility index (Phi) is 6.37. The fourth-order valence-corrected chi connectivity index (χ4v) is 2.54. The predicted octanol–water partition coefficient (Wildman–Crippen LogP) is 3.97. The summed E-state index contributed by atoms with van der Waals surface area (Å²) in [4.78, 5) is 0. The van der Waals surface area contributed by atoms with Gasteiger partial charge in [0.2, 0.25) is 0 Å². The Morgan fingerprint density at radius 2 is 2.00 bits per heavy atom. The van der Waals surface area contributed by atoms with Crippen LogP contribution in [-0.4, -0.2) is 6.54 Å². The summed E-state index contributed by atoms with van der Waals surface area (Å²) in [6.45, 7) is 9.51. The molecule has 0 aliphatic rings. The van der Waals surface area contributed by atoms with Crippen LogP contribution in [0.4, 0.5) is 0 Å². The third-order valence-electron chi connectivity index (χ3n) is 2.30. The molecule has 1 nitrogen and oxygen atoms in total. The van der Waals surface area contributed by atoms with Crippen molar-refractivity contribution in [3.63, 3.8) is 0 Å². The van der Waals surface area contributed by atoms with E-state index in [1.165, 1.54) is 11.1 Å². The molecule has 0 aliphatic carbocycles. The van der Waals surface area contributed by atoms with Crippen molar-refractivity contribution < 1.29 is 0 Å². The molecule has 0 amide bonds. The maximum absolute atomic E-state index is 4.08. The Morgan fingerprint density at radius 1 is 1.31 bits per heavy atom. The standard InChI is InChI=1S/C14H22NP/c1-12(2)9-13(3)10-15-16-11-14-7-5-4-6-8-14/h4-8,12,15-16H,3,9-11H2,1-2H3. The molecule has 2 heteroatoms. The zero-order valence-electron chi connectivity index (χ0n) is 10.3. The monoisotopic (exact) mass is 235 g/mol. The van der Waals surface area contributed by atoms with Crippen molar-refractivity contribution in [3.8, 4) is 0 Å². The highest BCUT2D eigenvalue weighted by Crippen LogP contribution is 2.15. The third-order valence-corrected chi connectivity index (χ3v) is 3.31. The van der Waals surface area contributed by atoms with E-state index in [0.29, 0.717) is 5.92 Å². The van der Waals surface area contributed by atoms with Gasteiger partial charge in [-0.15, -0.1) is 0 Å². The highest BCUT2D eigenvalue weighted by Gasteiger charge is 1.98. The zero-order valence-corrected chi connectivity index (χ0v) is 11.3. The molecule has 1 rings (SSSR count). The second-order valence-corrected chi connectivity index (χ2v) is 5.60. The summed E-state index contributed by atoms with van der Waals surface area (Å²) >= 11 is 0. The van der Waals surface area contributed by atoms with Crippen molar-refractivity contribution in [1.29, 1.82) is 0 Å². The van der Waals surface area contributed by atoms with Crippen LogP contribution in [0.5, 0.6) is 0 Å². The molecule has 0 saturated carbocycles. The lowest BCUT2D eigenvalue weighted by Crippen LogP contribution is -2.08. The molecule has 1 N–H and O–H groups in total. The van der Waals surface area contributed by atoms with Gasteiger partial charge in [0.15, 0.2) is 0 Å². The van der Waals surface area contributed by atoms with Crippen molar-refractivity contribution in [2.24, 2.45) is 5.92 Å². The van der Waals surface area contributed by atoms with Gasteiger partial charge in [-0.2, -0.15) is 0 Å². The molecular weight excluding hydrogens is 213 g/mol. The van der Waals surface area contributed by atoms with Crippen LogP contribution < -0.4 is 5.09 Å². The minimum atomic E-state index is 0.715. The van der Waals surface area contributed by atoms with E-state index in [2.05, 4.69) is 55.8 Å². The van der Waals surface area contributed by atoms with Crippen LogP contribution in [-0.2, 0) is 6.16 Å². The Hall–Kier alpha value is -0.650. The minimum Gasteiger partial charge on any atom is -0.294 e. The van der Waals surface area contributed by atoms with E-state index < -0.39 is 0 Å². The fourth-order valence-electron chi connectivity index (χ4n) is 1.60. The molecular formula is C14H22NP. The summed E-state index contributed by atoms with van der Waals surface area (Å²) in [6.07, 6.45) is 2.25. The molecule has 0 spiro atoms. The molecule has 0 saturated heterocycles. The van der Waals surface area contributed by atoms with E-state index in [0.717, 1.165) is 27.9 Å². The van der Waals surface area contributed by atoms with Gasteiger partial charge in [0.1, 0.15) is 0 Å². The van der Waals surface area contributed by atoms with Gasteiger partial charge in [-0.1, -0.05) is 56.3 Å². The highest BCUT2D eigenvalue weighted by atomic mass is 31.1. The topological polar surface area (TPSA) is 12.0 Å².